The van der Waals surface area contributed by atoms with Gasteiger partial charge in [0.15, 0.2) is 0 Å². The summed E-state index contributed by atoms with van der Waals surface area (Å²) in [6.07, 6.45) is 0.993. The number of benzene rings is 1. The molecule has 1 heterocycles. The maximum Gasteiger partial charge on any atom is 0.124 e. The van der Waals surface area contributed by atoms with Gasteiger partial charge in [-0.05, 0) is 24.1 Å². The van der Waals surface area contributed by atoms with Crippen molar-refractivity contribution in [1.82, 2.24) is 4.98 Å². The van der Waals surface area contributed by atoms with Crippen LogP contribution in [0.3, 0.4) is 0 Å². The molecule has 1 aromatic carbocycles. The summed E-state index contributed by atoms with van der Waals surface area (Å²) in [6.45, 7) is 2.13. The van der Waals surface area contributed by atoms with Crippen LogP contribution in [-0.4, -0.2) is 4.98 Å². The number of nitrogens with zero attached hydrogens (tertiary/aromatic N) is 1. The number of aryl methyl sites for hydroxylation is 1. The van der Waals surface area contributed by atoms with E-state index < -0.39 is 0 Å². The van der Waals surface area contributed by atoms with Gasteiger partial charge in [-0.3, -0.25) is 0 Å². The molecule has 0 radical (unpaired) electrons. The first-order valence-electron chi connectivity index (χ1n) is 4.45. The van der Waals surface area contributed by atoms with E-state index in [1.807, 2.05) is 24.3 Å². The van der Waals surface area contributed by atoms with Crippen LogP contribution in [0.4, 0.5) is 5.82 Å². The highest BCUT2D eigenvalue weighted by molar-refractivity contribution is 5.83. The second-order valence-corrected chi connectivity index (χ2v) is 3.08. The van der Waals surface area contributed by atoms with E-state index in [4.69, 9.17) is 5.73 Å². The van der Waals surface area contributed by atoms with Gasteiger partial charge in [0.05, 0.1) is 5.52 Å². The van der Waals surface area contributed by atoms with Crippen molar-refractivity contribution in [1.29, 1.82) is 0 Å². The highest BCUT2D eigenvalue weighted by Gasteiger charge is 2.00. The molecule has 0 saturated carbocycles. The Morgan fingerprint density at radius 1 is 1.31 bits per heavy atom. The van der Waals surface area contributed by atoms with Crippen molar-refractivity contribution in [3.05, 3.63) is 35.9 Å². The molecular formula is C11H12N2. The lowest BCUT2D eigenvalue weighted by molar-refractivity contribution is 1.15. The highest BCUT2D eigenvalue weighted by atomic mass is 14.8. The molecule has 13 heavy (non-hydrogen) atoms. The molecule has 2 rings (SSSR count). The fraction of sp³-hybridized carbons (Fsp3) is 0.182. The lowest BCUT2D eigenvalue weighted by atomic mass is 10.1. The van der Waals surface area contributed by atoms with Crippen molar-refractivity contribution in [3.63, 3.8) is 0 Å². The molecule has 0 amide bonds. The van der Waals surface area contributed by atoms with E-state index in [0.717, 1.165) is 11.9 Å². The Kier molecular flexibility index (Phi) is 1.89. The van der Waals surface area contributed by atoms with E-state index in [1.165, 1.54) is 10.9 Å². The first kappa shape index (κ1) is 8.05. The van der Waals surface area contributed by atoms with Crippen LogP contribution in [0.25, 0.3) is 10.9 Å². The zero-order valence-electron chi connectivity index (χ0n) is 7.62. The lowest BCUT2D eigenvalue weighted by Gasteiger charge is -2.04. The third kappa shape index (κ3) is 1.35. The fourth-order valence-corrected chi connectivity index (χ4v) is 1.56. The normalized spacial score (nSPS) is 10.5. The smallest absolute Gasteiger partial charge is 0.124 e. The lowest BCUT2D eigenvalue weighted by Crippen LogP contribution is -1.94. The highest BCUT2D eigenvalue weighted by Crippen LogP contribution is 2.19. The van der Waals surface area contributed by atoms with Gasteiger partial charge >= 0.3 is 0 Å². The maximum atomic E-state index is 5.69. The SMILES string of the molecule is CCc1cc(N)nc2ccccc12. The summed E-state index contributed by atoms with van der Waals surface area (Å²) in [7, 11) is 0. The van der Waals surface area contributed by atoms with Gasteiger partial charge in [-0.15, -0.1) is 0 Å². The number of fused-ring (bicyclic) bond motifs is 1. The van der Waals surface area contributed by atoms with E-state index >= 15 is 0 Å². The van der Waals surface area contributed by atoms with Crippen molar-refractivity contribution in [2.75, 3.05) is 5.73 Å². The first-order chi connectivity index (χ1) is 6.31. The minimum Gasteiger partial charge on any atom is -0.384 e. The van der Waals surface area contributed by atoms with Gasteiger partial charge in [-0.1, -0.05) is 25.1 Å². The molecular weight excluding hydrogens is 160 g/mol. The summed E-state index contributed by atoms with van der Waals surface area (Å²) >= 11 is 0. The Morgan fingerprint density at radius 2 is 2.08 bits per heavy atom. The molecule has 66 valence electrons. The van der Waals surface area contributed by atoms with E-state index in [9.17, 15) is 0 Å². The Labute approximate surface area is 77.4 Å². The minimum atomic E-state index is 0.607. The number of para-hydroxylation sites is 1. The molecule has 0 unspecified atom stereocenters. The summed E-state index contributed by atoms with van der Waals surface area (Å²) < 4.78 is 0. The van der Waals surface area contributed by atoms with Crippen molar-refractivity contribution in [2.45, 2.75) is 13.3 Å². The predicted octanol–water partition coefficient (Wildman–Crippen LogP) is 2.38. The molecule has 0 fully saturated rings. The van der Waals surface area contributed by atoms with Crippen LogP contribution in [0, 0.1) is 0 Å². The third-order valence-corrected chi connectivity index (χ3v) is 2.20. The average Bonchev–Trinajstić information content (AvgIpc) is 2.16. The molecule has 0 bridgehead atoms. The second kappa shape index (κ2) is 3.05. The monoisotopic (exact) mass is 172 g/mol. The van der Waals surface area contributed by atoms with Crippen LogP contribution < -0.4 is 5.73 Å². The number of hydrogen-bond donors (Lipinski definition) is 1. The topological polar surface area (TPSA) is 38.9 Å². The number of nitrogen functional groups attached to an aromatic ring is 1. The molecule has 0 aliphatic rings. The zero-order chi connectivity index (χ0) is 9.26. The Hall–Kier alpha value is -1.57. The molecule has 0 atom stereocenters. The number of aromatic nitrogens is 1. The molecule has 2 nitrogen and oxygen atoms in total. The van der Waals surface area contributed by atoms with E-state index in [0.29, 0.717) is 5.82 Å². The summed E-state index contributed by atoms with van der Waals surface area (Å²) in [5.74, 6) is 0.607. The second-order valence-electron chi connectivity index (χ2n) is 3.08. The van der Waals surface area contributed by atoms with Gasteiger partial charge in [0.2, 0.25) is 0 Å². The molecule has 0 aliphatic heterocycles. The van der Waals surface area contributed by atoms with Gasteiger partial charge < -0.3 is 5.73 Å². The van der Waals surface area contributed by atoms with Gasteiger partial charge in [0.1, 0.15) is 5.82 Å². The van der Waals surface area contributed by atoms with Crippen molar-refractivity contribution < 1.29 is 0 Å². The predicted molar refractivity (Wildman–Crippen MR) is 55.5 cm³/mol. The largest absolute Gasteiger partial charge is 0.384 e. The number of nitrogens with two attached hydrogens (primary N) is 1. The molecule has 1 aromatic heterocycles. The third-order valence-electron chi connectivity index (χ3n) is 2.20. The molecule has 2 N–H and O–H groups in total. The average molecular weight is 172 g/mol. The van der Waals surface area contributed by atoms with Crippen molar-refractivity contribution in [3.8, 4) is 0 Å². The summed E-state index contributed by atoms with van der Waals surface area (Å²) in [4.78, 5) is 4.26. The van der Waals surface area contributed by atoms with Gasteiger partial charge in [0, 0.05) is 5.39 Å². The van der Waals surface area contributed by atoms with Crippen LogP contribution in [0.1, 0.15) is 12.5 Å². The number of pyridine rings is 1. The van der Waals surface area contributed by atoms with Crippen LogP contribution in [0.15, 0.2) is 30.3 Å². The summed E-state index contributed by atoms with van der Waals surface area (Å²) in [5.41, 5.74) is 7.94. The summed E-state index contributed by atoms with van der Waals surface area (Å²) in [6, 6.07) is 10.0. The molecule has 0 spiro atoms. The van der Waals surface area contributed by atoms with Gasteiger partial charge in [-0.2, -0.15) is 0 Å². The molecule has 2 aromatic rings. The standard InChI is InChI=1S/C11H12N2/c1-2-8-7-11(12)13-10-6-4-3-5-9(8)10/h3-7H,2H2,1H3,(H2,12,13). The quantitative estimate of drug-likeness (QED) is 0.717. The van der Waals surface area contributed by atoms with Crippen LogP contribution in [0.5, 0.6) is 0 Å². The molecule has 2 heteroatoms. The van der Waals surface area contributed by atoms with Crippen molar-refractivity contribution >= 4 is 16.7 Å². The summed E-state index contributed by atoms with van der Waals surface area (Å²) in [5, 5.41) is 1.21. The molecule has 0 saturated heterocycles. The van der Waals surface area contributed by atoms with Crippen LogP contribution in [-0.2, 0) is 6.42 Å². The van der Waals surface area contributed by atoms with Crippen LogP contribution >= 0.6 is 0 Å². The fourth-order valence-electron chi connectivity index (χ4n) is 1.56. The maximum absolute atomic E-state index is 5.69. The first-order valence-corrected chi connectivity index (χ1v) is 4.45. The van der Waals surface area contributed by atoms with E-state index in [-0.39, 0.29) is 0 Å². The van der Waals surface area contributed by atoms with E-state index in [1.54, 1.807) is 0 Å². The Bertz CT molecular complexity index is 435. The Balaban J connectivity index is 2.81. The van der Waals surface area contributed by atoms with Gasteiger partial charge in [0.25, 0.3) is 0 Å². The van der Waals surface area contributed by atoms with Crippen molar-refractivity contribution in [2.24, 2.45) is 0 Å². The zero-order valence-corrected chi connectivity index (χ0v) is 7.62. The number of rotatable bonds is 1. The Morgan fingerprint density at radius 3 is 2.85 bits per heavy atom. The van der Waals surface area contributed by atoms with Gasteiger partial charge in [-0.25, -0.2) is 4.98 Å². The van der Waals surface area contributed by atoms with E-state index in [2.05, 4.69) is 18.0 Å². The number of anilines is 1. The van der Waals surface area contributed by atoms with Crippen LogP contribution in [0.2, 0.25) is 0 Å². The number of hydrogen-bond acceptors (Lipinski definition) is 2. The molecule has 0 aliphatic carbocycles. The minimum absolute atomic E-state index is 0.607.